The van der Waals surface area contributed by atoms with Gasteiger partial charge in [0.1, 0.15) is 0 Å². The summed E-state index contributed by atoms with van der Waals surface area (Å²) in [4.78, 5) is 2.51. The van der Waals surface area contributed by atoms with Gasteiger partial charge in [-0.05, 0) is 66.6 Å². The highest BCUT2D eigenvalue weighted by atomic mass is 15.1. The minimum Gasteiger partial charge on any atom is -0.371 e. The average molecular weight is 415 g/mol. The van der Waals surface area contributed by atoms with Crippen LogP contribution >= 0.6 is 0 Å². The van der Waals surface area contributed by atoms with Crippen LogP contribution in [-0.2, 0) is 5.41 Å². The number of rotatable bonds is 3. The first-order chi connectivity index (χ1) is 15.8. The molecule has 156 valence electrons. The summed E-state index contributed by atoms with van der Waals surface area (Å²) in [5.41, 5.74) is 7.04. The fourth-order valence-corrected chi connectivity index (χ4v) is 4.62. The van der Waals surface area contributed by atoms with Crippen molar-refractivity contribution in [3.05, 3.63) is 113 Å². The molecule has 0 amide bonds. The Morgan fingerprint density at radius 3 is 1.84 bits per heavy atom. The molecule has 1 saturated heterocycles. The average Bonchev–Trinajstić information content (AvgIpc) is 3.71. The van der Waals surface area contributed by atoms with Crippen molar-refractivity contribution in [3.63, 3.8) is 0 Å². The molecule has 5 rings (SSSR count). The molecule has 0 aromatic heterocycles. The number of likely N-dealkylation sites (tertiary alicyclic amines) is 1. The molecule has 0 radical (unpaired) electrons. The first kappa shape index (κ1) is 20.2. The number of benzene rings is 3. The van der Waals surface area contributed by atoms with Gasteiger partial charge in [-0.1, -0.05) is 72.5 Å². The summed E-state index contributed by atoms with van der Waals surface area (Å²) in [6, 6.07) is 31.7. The van der Waals surface area contributed by atoms with Gasteiger partial charge in [0.25, 0.3) is 0 Å². The van der Waals surface area contributed by atoms with Gasteiger partial charge in [-0.15, -0.1) is 0 Å². The number of nitriles is 1. The summed E-state index contributed by atoms with van der Waals surface area (Å²) in [6.07, 6.45) is 4.10. The summed E-state index contributed by atoms with van der Waals surface area (Å²) < 4.78 is 0. The summed E-state index contributed by atoms with van der Waals surface area (Å²) >= 11 is 0. The van der Waals surface area contributed by atoms with Gasteiger partial charge >= 0.3 is 0 Å². The Hall–Kier alpha value is -3.75. The van der Waals surface area contributed by atoms with E-state index >= 15 is 0 Å². The van der Waals surface area contributed by atoms with Crippen LogP contribution in [0.3, 0.4) is 0 Å². The Labute approximate surface area is 190 Å². The van der Waals surface area contributed by atoms with E-state index in [4.69, 9.17) is 0 Å². The molecule has 1 aliphatic heterocycles. The lowest BCUT2D eigenvalue weighted by Crippen LogP contribution is -2.41. The largest absolute Gasteiger partial charge is 0.371 e. The van der Waals surface area contributed by atoms with Crippen molar-refractivity contribution < 1.29 is 0 Å². The van der Waals surface area contributed by atoms with Gasteiger partial charge in [-0.3, -0.25) is 0 Å². The molecule has 0 N–H and O–H groups in total. The highest BCUT2D eigenvalue weighted by molar-refractivity contribution is 5.71. The zero-order valence-electron chi connectivity index (χ0n) is 18.2. The van der Waals surface area contributed by atoms with Gasteiger partial charge in [0, 0.05) is 29.9 Å². The normalized spacial score (nSPS) is 16.5. The third-order valence-electron chi connectivity index (χ3n) is 6.59. The number of allylic oxidation sites excluding steroid dienone is 1. The minimum atomic E-state index is -0.367. The lowest BCUT2D eigenvalue weighted by Gasteiger charge is -2.40. The fraction of sp³-hybridized carbons (Fsp3) is 0.233. The van der Waals surface area contributed by atoms with E-state index in [9.17, 15) is 5.26 Å². The number of nitrogens with zero attached hydrogens (tertiary/aromatic N) is 2. The monoisotopic (exact) mass is 414 g/mol. The van der Waals surface area contributed by atoms with Crippen LogP contribution < -0.4 is 0 Å². The smallest absolute Gasteiger partial charge is 0.0855 e. The topological polar surface area (TPSA) is 27.0 Å². The Bertz CT molecular complexity index is 1210. The zero-order chi connectivity index (χ0) is 21.8. The van der Waals surface area contributed by atoms with E-state index in [0.717, 1.165) is 42.6 Å². The van der Waals surface area contributed by atoms with Crippen molar-refractivity contribution in [1.29, 1.82) is 5.26 Å². The second-order valence-corrected chi connectivity index (χ2v) is 8.69. The Kier molecular flexibility index (Phi) is 5.53. The van der Waals surface area contributed by atoms with Gasteiger partial charge in [0.15, 0.2) is 0 Å². The van der Waals surface area contributed by atoms with Gasteiger partial charge < -0.3 is 4.90 Å². The highest BCUT2D eigenvalue weighted by Gasteiger charge is 2.38. The van der Waals surface area contributed by atoms with Crippen LogP contribution in [0.15, 0.2) is 90.5 Å². The minimum absolute atomic E-state index is 0.367. The standard InChI is InChI=1S/C30H26N2/c31-23-30(28-9-5-2-6-10-28)19-21-32(22-20-30)29(27-17-18-27)26-15-13-25(14-16-26)12-11-24-7-3-1-4-8-24/h1-10,13-16H,17-22H2. The molecular weight excluding hydrogens is 388 g/mol. The summed E-state index contributed by atoms with van der Waals surface area (Å²) in [5, 5.41) is 10.0. The fourth-order valence-electron chi connectivity index (χ4n) is 4.62. The molecule has 2 fully saturated rings. The van der Waals surface area contributed by atoms with Crippen LogP contribution in [0.2, 0.25) is 0 Å². The molecule has 2 aliphatic rings. The second kappa shape index (κ2) is 8.78. The van der Waals surface area contributed by atoms with Crippen LogP contribution in [0.4, 0.5) is 0 Å². The maximum Gasteiger partial charge on any atom is 0.0855 e. The van der Waals surface area contributed by atoms with Crippen molar-refractivity contribution >= 4 is 5.70 Å². The van der Waals surface area contributed by atoms with Gasteiger partial charge in [0.2, 0.25) is 0 Å². The molecule has 0 unspecified atom stereocenters. The van der Waals surface area contributed by atoms with Gasteiger partial charge in [-0.2, -0.15) is 5.26 Å². The molecule has 1 heterocycles. The number of piperidine rings is 1. The molecule has 1 saturated carbocycles. The van der Waals surface area contributed by atoms with Crippen molar-refractivity contribution in [1.82, 2.24) is 4.90 Å². The van der Waals surface area contributed by atoms with E-state index in [1.807, 2.05) is 48.5 Å². The van der Waals surface area contributed by atoms with Crippen LogP contribution in [0.1, 0.15) is 47.9 Å². The van der Waals surface area contributed by atoms with Crippen molar-refractivity contribution in [2.75, 3.05) is 13.1 Å². The Morgan fingerprint density at radius 1 is 0.719 bits per heavy atom. The lowest BCUT2D eigenvalue weighted by atomic mass is 9.74. The van der Waals surface area contributed by atoms with E-state index < -0.39 is 0 Å². The molecule has 1 aliphatic carbocycles. The van der Waals surface area contributed by atoms with E-state index in [1.165, 1.54) is 29.7 Å². The summed E-state index contributed by atoms with van der Waals surface area (Å²) in [5.74, 6) is 6.51. The highest BCUT2D eigenvalue weighted by Crippen LogP contribution is 2.42. The lowest BCUT2D eigenvalue weighted by molar-refractivity contribution is 0.257. The third kappa shape index (κ3) is 4.18. The zero-order valence-corrected chi connectivity index (χ0v) is 18.2. The predicted molar refractivity (Wildman–Crippen MR) is 130 cm³/mol. The van der Waals surface area contributed by atoms with Crippen molar-refractivity contribution in [2.45, 2.75) is 31.1 Å². The molecule has 3 aromatic rings. The van der Waals surface area contributed by atoms with Crippen molar-refractivity contribution in [3.8, 4) is 17.9 Å². The molecule has 32 heavy (non-hydrogen) atoms. The molecule has 0 bridgehead atoms. The molecule has 0 atom stereocenters. The van der Waals surface area contributed by atoms with Crippen LogP contribution in [0.5, 0.6) is 0 Å². The van der Waals surface area contributed by atoms with Crippen molar-refractivity contribution in [2.24, 2.45) is 0 Å². The Morgan fingerprint density at radius 2 is 1.28 bits per heavy atom. The van der Waals surface area contributed by atoms with E-state index in [-0.39, 0.29) is 5.41 Å². The SMILES string of the molecule is N#CC1(c2ccccc2)CCN(C(=C2CC2)c2ccc(C#Cc3ccccc3)cc2)CC1. The van der Waals surface area contributed by atoms with Gasteiger partial charge in [-0.25, -0.2) is 0 Å². The van der Waals surface area contributed by atoms with Crippen LogP contribution in [0, 0.1) is 23.2 Å². The number of hydrogen-bond donors (Lipinski definition) is 0. The van der Waals surface area contributed by atoms with E-state index in [1.54, 1.807) is 0 Å². The molecule has 3 aromatic carbocycles. The Balaban J connectivity index is 1.33. The molecule has 0 spiro atoms. The predicted octanol–water partition coefficient (Wildman–Crippen LogP) is 6.15. The maximum absolute atomic E-state index is 10.0. The van der Waals surface area contributed by atoms with E-state index in [0.29, 0.717) is 0 Å². The first-order valence-electron chi connectivity index (χ1n) is 11.4. The van der Waals surface area contributed by atoms with Crippen LogP contribution in [0.25, 0.3) is 5.70 Å². The summed E-state index contributed by atoms with van der Waals surface area (Å²) in [6.45, 7) is 1.83. The van der Waals surface area contributed by atoms with Crippen LogP contribution in [-0.4, -0.2) is 18.0 Å². The van der Waals surface area contributed by atoms with E-state index in [2.05, 4.69) is 59.2 Å². The summed E-state index contributed by atoms with van der Waals surface area (Å²) in [7, 11) is 0. The first-order valence-corrected chi connectivity index (χ1v) is 11.4. The molecule has 2 nitrogen and oxygen atoms in total. The van der Waals surface area contributed by atoms with Gasteiger partial charge in [0.05, 0.1) is 11.5 Å². The number of hydrogen-bond acceptors (Lipinski definition) is 2. The second-order valence-electron chi connectivity index (χ2n) is 8.69. The quantitative estimate of drug-likeness (QED) is 0.481. The maximum atomic E-state index is 10.0. The molecular formula is C30H26N2. The molecule has 2 heteroatoms. The third-order valence-corrected chi connectivity index (χ3v) is 6.59.